The van der Waals surface area contributed by atoms with Crippen molar-refractivity contribution in [3.63, 3.8) is 0 Å². The molecule has 3 aromatic carbocycles. The van der Waals surface area contributed by atoms with Crippen molar-refractivity contribution in [2.45, 2.75) is 52.6 Å². The van der Waals surface area contributed by atoms with Gasteiger partial charge in [-0.2, -0.15) is 5.10 Å². The van der Waals surface area contributed by atoms with Gasteiger partial charge >= 0.3 is 6.03 Å². The molecule has 3 amide bonds. The van der Waals surface area contributed by atoms with Crippen LogP contribution in [0.4, 0.5) is 32.3 Å². The molecule has 3 aromatic heterocycles. The van der Waals surface area contributed by atoms with Gasteiger partial charge in [-0.1, -0.05) is 45.0 Å². The number of anilines is 4. The number of carbonyl (C=O) groups excluding carboxylic acids is 2. The number of carbonyl (C=O) groups is 2. The number of nitrogens with zero attached hydrogens (tertiary/aromatic N) is 6. The van der Waals surface area contributed by atoms with Crippen LogP contribution in [0.2, 0.25) is 0 Å². The highest BCUT2D eigenvalue weighted by Crippen LogP contribution is 2.33. The zero-order chi connectivity index (χ0) is 37.1. The summed E-state index contributed by atoms with van der Waals surface area (Å²) in [5, 5.41) is 15.3. The Morgan fingerprint density at radius 3 is 2.40 bits per heavy atom. The van der Waals surface area contributed by atoms with Crippen LogP contribution >= 0.6 is 0 Å². The SMILES string of the molecule is Cc1cc(F)cc(-n2nc(C(C)(C)C)cc2NC(=O)Nc2ccc(OCc3ccnc(Nc4cnc(C(=O)N5CCCC5)cn4)c3)c3ccccc23)c1. The summed E-state index contributed by atoms with van der Waals surface area (Å²) in [7, 11) is 0. The van der Waals surface area contributed by atoms with Crippen LogP contribution in [0.3, 0.4) is 0 Å². The van der Waals surface area contributed by atoms with Crippen molar-refractivity contribution in [3.8, 4) is 11.4 Å². The van der Waals surface area contributed by atoms with E-state index in [4.69, 9.17) is 9.84 Å². The molecule has 12 nitrogen and oxygen atoms in total. The summed E-state index contributed by atoms with van der Waals surface area (Å²) in [4.78, 5) is 40.9. The van der Waals surface area contributed by atoms with E-state index >= 15 is 0 Å². The Morgan fingerprint density at radius 2 is 1.66 bits per heavy atom. The third-order valence-electron chi connectivity index (χ3n) is 8.86. The fourth-order valence-corrected chi connectivity index (χ4v) is 6.16. The minimum absolute atomic E-state index is 0.103. The summed E-state index contributed by atoms with van der Waals surface area (Å²) in [6.07, 6.45) is 6.70. The molecule has 1 aliphatic heterocycles. The number of urea groups is 1. The highest BCUT2D eigenvalue weighted by molar-refractivity contribution is 6.07. The summed E-state index contributed by atoms with van der Waals surface area (Å²) >= 11 is 0. The zero-order valence-electron chi connectivity index (χ0n) is 30.0. The van der Waals surface area contributed by atoms with E-state index in [1.807, 2.05) is 76.2 Å². The smallest absolute Gasteiger partial charge is 0.324 e. The van der Waals surface area contributed by atoms with Crippen molar-refractivity contribution >= 4 is 45.9 Å². The molecule has 0 spiro atoms. The molecule has 0 radical (unpaired) electrons. The third-order valence-corrected chi connectivity index (χ3v) is 8.86. The molecular formula is C40H40FN9O3. The molecule has 0 aliphatic carbocycles. The minimum atomic E-state index is -0.479. The number of halogens is 1. The van der Waals surface area contributed by atoms with Crippen LogP contribution in [-0.4, -0.2) is 54.7 Å². The lowest BCUT2D eigenvalue weighted by atomic mass is 9.92. The lowest BCUT2D eigenvalue weighted by Gasteiger charge is -2.15. The molecule has 270 valence electrons. The minimum Gasteiger partial charge on any atom is -0.488 e. The predicted molar refractivity (Wildman–Crippen MR) is 203 cm³/mol. The van der Waals surface area contributed by atoms with Crippen LogP contribution in [0.25, 0.3) is 16.5 Å². The Balaban J connectivity index is 1.03. The van der Waals surface area contributed by atoms with E-state index in [2.05, 4.69) is 30.9 Å². The van der Waals surface area contributed by atoms with E-state index in [-0.39, 0.29) is 23.7 Å². The van der Waals surface area contributed by atoms with Gasteiger partial charge in [-0.05, 0) is 73.4 Å². The van der Waals surface area contributed by atoms with Gasteiger partial charge in [-0.25, -0.2) is 28.8 Å². The van der Waals surface area contributed by atoms with Crippen molar-refractivity contribution in [1.82, 2.24) is 29.6 Å². The van der Waals surface area contributed by atoms with Crippen molar-refractivity contribution in [2.24, 2.45) is 0 Å². The second kappa shape index (κ2) is 14.7. The summed E-state index contributed by atoms with van der Waals surface area (Å²) in [6, 6.07) is 20.9. The normalized spacial score (nSPS) is 12.9. The number of nitrogens with one attached hydrogen (secondary N) is 3. The number of benzene rings is 3. The van der Waals surface area contributed by atoms with Gasteiger partial charge in [0.2, 0.25) is 0 Å². The first-order valence-corrected chi connectivity index (χ1v) is 17.4. The number of rotatable bonds is 9. The number of fused-ring (bicyclic) bond motifs is 1. The van der Waals surface area contributed by atoms with Gasteiger partial charge in [0.15, 0.2) is 0 Å². The first-order chi connectivity index (χ1) is 25.5. The molecule has 7 rings (SSSR count). The number of pyridine rings is 1. The fourth-order valence-electron chi connectivity index (χ4n) is 6.16. The maximum Gasteiger partial charge on any atom is 0.324 e. The molecule has 3 N–H and O–H groups in total. The number of amides is 3. The summed E-state index contributed by atoms with van der Waals surface area (Å²) in [6.45, 7) is 9.63. The first-order valence-electron chi connectivity index (χ1n) is 17.4. The van der Waals surface area contributed by atoms with Gasteiger partial charge in [-0.15, -0.1) is 0 Å². The molecule has 1 saturated heterocycles. The third kappa shape index (κ3) is 8.09. The van der Waals surface area contributed by atoms with Gasteiger partial charge in [0.05, 0.1) is 29.5 Å². The van der Waals surface area contributed by atoms with Gasteiger partial charge in [0.25, 0.3) is 5.91 Å². The summed E-state index contributed by atoms with van der Waals surface area (Å²) < 4.78 is 22.2. The van der Waals surface area contributed by atoms with Crippen LogP contribution in [0.5, 0.6) is 5.75 Å². The maximum atomic E-state index is 14.4. The molecule has 0 bridgehead atoms. The molecule has 6 aromatic rings. The number of likely N-dealkylation sites (tertiary alicyclic amines) is 1. The Bertz CT molecular complexity index is 2270. The quantitative estimate of drug-likeness (QED) is 0.136. The number of hydrogen-bond acceptors (Lipinski definition) is 8. The topological polar surface area (TPSA) is 139 Å². The van der Waals surface area contributed by atoms with E-state index in [9.17, 15) is 14.0 Å². The number of aryl methyl sites for hydroxylation is 1. The van der Waals surface area contributed by atoms with Crippen molar-refractivity contribution in [1.29, 1.82) is 0 Å². The van der Waals surface area contributed by atoms with Gasteiger partial charge < -0.3 is 20.3 Å². The first kappa shape index (κ1) is 35.1. The second-order valence-electron chi connectivity index (χ2n) is 14.0. The molecular weight excluding hydrogens is 673 g/mol. The molecule has 53 heavy (non-hydrogen) atoms. The van der Waals surface area contributed by atoms with Crippen LogP contribution in [0, 0.1) is 12.7 Å². The number of aromatic nitrogens is 5. The van der Waals surface area contributed by atoms with Crippen LogP contribution < -0.4 is 20.7 Å². The maximum absolute atomic E-state index is 14.4. The van der Waals surface area contributed by atoms with E-state index in [1.54, 1.807) is 27.9 Å². The van der Waals surface area contributed by atoms with Crippen molar-refractivity contribution in [2.75, 3.05) is 29.0 Å². The predicted octanol–water partition coefficient (Wildman–Crippen LogP) is 8.16. The molecule has 1 fully saturated rings. The Labute approximate surface area is 306 Å². The van der Waals surface area contributed by atoms with Crippen LogP contribution in [-0.2, 0) is 12.0 Å². The zero-order valence-corrected chi connectivity index (χ0v) is 30.0. The van der Waals surface area contributed by atoms with Crippen LogP contribution in [0.15, 0.2) is 91.4 Å². The van der Waals surface area contributed by atoms with Gasteiger partial charge in [0.1, 0.15) is 41.3 Å². The standard InChI is InChI=1S/C40H40FN9O3/c1-25-17-27(41)20-28(18-25)50-37(21-34(48-50)40(2,3)4)47-39(52)45-31-11-12-33(30-10-6-5-9-29(30)31)53-24-26-13-14-42-35(19-26)46-36-23-43-32(22-44-36)38(51)49-15-7-8-16-49/h5-6,9-14,17-23H,7-8,15-16,24H2,1-4H3,(H,42,44,46)(H2,45,47,52). The summed E-state index contributed by atoms with van der Waals surface area (Å²) in [5.41, 5.74) is 3.44. The highest BCUT2D eigenvalue weighted by atomic mass is 19.1. The lowest BCUT2D eigenvalue weighted by Crippen LogP contribution is -2.28. The molecule has 13 heteroatoms. The summed E-state index contributed by atoms with van der Waals surface area (Å²) in [5.74, 6) is 1.57. The Morgan fingerprint density at radius 1 is 0.868 bits per heavy atom. The average molecular weight is 714 g/mol. The second-order valence-corrected chi connectivity index (χ2v) is 14.0. The number of hydrogen-bond donors (Lipinski definition) is 3. The Kier molecular flexibility index (Phi) is 9.72. The number of ether oxygens (including phenoxy) is 1. The van der Waals surface area contributed by atoms with E-state index in [1.165, 1.54) is 24.5 Å². The molecule has 4 heterocycles. The largest absolute Gasteiger partial charge is 0.488 e. The van der Waals surface area contributed by atoms with Crippen molar-refractivity contribution < 1.29 is 18.7 Å². The van der Waals surface area contributed by atoms with E-state index in [0.29, 0.717) is 40.3 Å². The molecule has 0 saturated carbocycles. The molecule has 1 aliphatic rings. The van der Waals surface area contributed by atoms with Crippen LogP contribution in [0.1, 0.15) is 60.9 Å². The highest BCUT2D eigenvalue weighted by Gasteiger charge is 2.23. The van der Waals surface area contributed by atoms with E-state index < -0.39 is 6.03 Å². The lowest BCUT2D eigenvalue weighted by molar-refractivity contribution is 0.0786. The van der Waals surface area contributed by atoms with Gasteiger partial charge in [0, 0.05) is 41.5 Å². The molecule has 0 unspecified atom stereocenters. The fraction of sp³-hybridized carbons (Fsp3) is 0.250. The van der Waals surface area contributed by atoms with Crippen molar-refractivity contribution in [3.05, 3.63) is 120 Å². The average Bonchev–Trinajstić information content (AvgIpc) is 3.83. The van der Waals surface area contributed by atoms with Gasteiger partial charge in [-0.3, -0.25) is 10.1 Å². The Hall–Kier alpha value is -6.37. The monoisotopic (exact) mass is 713 g/mol. The van der Waals surface area contributed by atoms with E-state index in [0.717, 1.165) is 53.5 Å². The molecule has 0 atom stereocenters.